The van der Waals surface area contributed by atoms with Crippen LogP contribution in [0.3, 0.4) is 0 Å². The molecule has 9 nitrogen and oxygen atoms in total. The Labute approximate surface area is 237 Å². The molecule has 3 unspecified atom stereocenters. The van der Waals surface area contributed by atoms with Crippen LogP contribution in [-0.2, 0) is 20.0 Å². The van der Waals surface area contributed by atoms with Crippen molar-refractivity contribution in [1.29, 1.82) is 0 Å². The Hall–Kier alpha value is -3.32. The molecular weight excluding hydrogens is 577 g/mol. The lowest BCUT2D eigenvalue weighted by Crippen LogP contribution is -2.42. The maximum atomic E-state index is 13.7. The van der Waals surface area contributed by atoms with Gasteiger partial charge < -0.3 is 0 Å². The standard InChI is InChI=1S/C27H27ClFN5O4S2/c28-20-8-13-23(14-9-20)40(37,38)33-27(31-22-12-15-24(16-22)39(30,35)36)34-17-25(18-4-2-1-3-5-18)26(32-34)19-6-10-21(29)11-7-19/h1-11,13-14,22,24-25H,12,15-17H2,(H,31,33)(H2,30,35,36). The summed E-state index contributed by atoms with van der Waals surface area (Å²) in [5, 5.41) is 11.2. The van der Waals surface area contributed by atoms with E-state index >= 15 is 0 Å². The lowest BCUT2D eigenvalue weighted by atomic mass is 9.91. The van der Waals surface area contributed by atoms with Gasteiger partial charge in [-0.15, -0.1) is 0 Å². The number of rotatable bonds is 6. The van der Waals surface area contributed by atoms with Gasteiger partial charge in [-0.1, -0.05) is 54.1 Å². The van der Waals surface area contributed by atoms with Crippen LogP contribution >= 0.6 is 11.6 Å². The number of guanidine groups is 1. The fraction of sp³-hybridized carbons (Fsp3) is 0.259. The van der Waals surface area contributed by atoms with Crippen molar-refractivity contribution in [3.63, 3.8) is 0 Å². The minimum absolute atomic E-state index is 0.0278. The number of primary sulfonamides is 1. The predicted octanol–water partition coefficient (Wildman–Crippen LogP) is 3.83. The average Bonchev–Trinajstić information content (AvgIpc) is 3.57. The van der Waals surface area contributed by atoms with Crippen LogP contribution in [0.25, 0.3) is 0 Å². The number of nitrogens with one attached hydrogen (secondary N) is 1. The number of aliphatic imine (C=N–C) groups is 1. The monoisotopic (exact) mass is 603 g/mol. The summed E-state index contributed by atoms with van der Waals surface area (Å²) >= 11 is 5.95. The van der Waals surface area contributed by atoms with Gasteiger partial charge in [-0.05, 0) is 66.8 Å². The molecule has 0 amide bonds. The number of nitrogens with two attached hydrogens (primary N) is 1. The van der Waals surface area contributed by atoms with Crippen LogP contribution in [0, 0.1) is 5.82 Å². The topological polar surface area (TPSA) is 134 Å². The largest absolute Gasteiger partial charge is 0.264 e. The van der Waals surface area contributed by atoms with E-state index in [-0.39, 0.29) is 35.6 Å². The van der Waals surface area contributed by atoms with Crippen LogP contribution in [0.4, 0.5) is 4.39 Å². The Balaban J connectivity index is 1.55. The molecule has 5 rings (SSSR count). The molecule has 13 heteroatoms. The first-order chi connectivity index (χ1) is 19.0. The minimum Gasteiger partial charge on any atom is -0.248 e. The summed E-state index contributed by atoms with van der Waals surface area (Å²) in [5.74, 6) is -0.718. The maximum absolute atomic E-state index is 13.7. The molecule has 0 radical (unpaired) electrons. The summed E-state index contributed by atoms with van der Waals surface area (Å²) in [6.45, 7) is 0.240. The fourth-order valence-electron chi connectivity index (χ4n) is 4.91. The van der Waals surface area contributed by atoms with E-state index in [2.05, 4.69) is 9.71 Å². The van der Waals surface area contributed by atoms with E-state index in [0.29, 0.717) is 29.1 Å². The second kappa shape index (κ2) is 11.3. The Morgan fingerprint density at radius 3 is 2.27 bits per heavy atom. The van der Waals surface area contributed by atoms with Gasteiger partial charge in [0.05, 0.1) is 28.4 Å². The Morgan fingerprint density at radius 2 is 1.65 bits per heavy atom. The van der Waals surface area contributed by atoms with Crippen LogP contribution in [0.5, 0.6) is 0 Å². The molecule has 0 bridgehead atoms. The number of sulfonamides is 2. The number of benzene rings is 3. The van der Waals surface area contributed by atoms with Crippen molar-refractivity contribution in [2.45, 2.75) is 41.4 Å². The van der Waals surface area contributed by atoms with E-state index < -0.39 is 31.3 Å². The van der Waals surface area contributed by atoms with Crippen molar-refractivity contribution in [2.75, 3.05) is 6.54 Å². The number of hydrogen-bond acceptors (Lipinski definition) is 6. The van der Waals surface area contributed by atoms with Gasteiger partial charge >= 0.3 is 0 Å². The van der Waals surface area contributed by atoms with Crippen LogP contribution in [0.1, 0.15) is 36.3 Å². The lowest BCUT2D eigenvalue weighted by molar-refractivity contribution is 0.456. The molecule has 3 atom stereocenters. The number of hydrogen-bond donors (Lipinski definition) is 2. The summed E-state index contributed by atoms with van der Waals surface area (Å²) in [6, 6.07) is 20.7. The highest BCUT2D eigenvalue weighted by Gasteiger charge is 2.36. The second-order valence-electron chi connectivity index (χ2n) is 9.73. The SMILES string of the molecule is NS(=O)(=O)C1CCC(N=C(NS(=O)(=O)c2ccc(Cl)cc2)N2CC(c3ccccc3)C(c3ccc(F)cc3)=N2)C1. The molecule has 0 spiro atoms. The van der Waals surface area contributed by atoms with Gasteiger partial charge in [-0.25, -0.2) is 41.1 Å². The third-order valence-electron chi connectivity index (χ3n) is 6.98. The van der Waals surface area contributed by atoms with Gasteiger partial charge in [0, 0.05) is 10.9 Å². The first kappa shape index (κ1) is 28.2. The van der Waals surface area contributed by atoms with Gasteiger partial charge in [0.2, 0.25) is 16.0 Å². The number of halogens is 2. The maximum Gasteiger partial charge on any atom is 0.264 e. The Kier molecular flexibility index (Phi) is 7.96. The normalized spacial score (nSPS) is 21.9. The third kappa shape index (κ3) is 6.35. The zero-order valence-electron chi connectivity index (χ0n) is 21.2. The molecule has 1 saturated carbocycles. The fourth-order valence-corrected chi connectivity index (χ4v) is 7.00. The van der Waals surface area contributed by atoms with Crippen LogP contribution < -0.4 is 9.86 Å². The first-order valence-corrected chi connectivity index (χ1v) is 16.0. The molecule has 1 heterocycles. The van der Waals surface area contributed by atoms with Crippen molar-refractivity contribution in [1.82, 2.24) is 9.73 Å². The highest BCUT2D eigenvalue weighted by Crippen LogP contribution is 2.31. The molecule has 0 aromatic heterocycles. The molecule has 1 aliphatic heterocycles. The second-order valence-corrected chi connectivity index (χ2v) is 13.7. The van der Waals surface area contributed by atoms with Gasteiger partial charge in [0.25, 0.3) is 10.0 Å². The van der Waals surface area contributed by atoms with E-state index in [4.69, 9.17) is 21.8 Å². The molecule has 3 N–H and O–H groups in total. The predicted molar refractivity (Wildman–Crippen MR) is 153 cm³/mol. The zero-order chi connectivity index (χ0) is 28.5. The third-order valence-corrected chi connectivity index (χ3v) is 9.93. The van der Waals surface area contributed by atoms with Crippen LogP contribution in [-0.4, -0.2) is 51.4 Å². The Bertz CT molecular complexity index is 1650. The van der Waals surface area contributed by atoms with E-state index in [9.17, 15) is 21.2 Å². The molecule has 40 heavy (non-hydrogen) atoms. The van der Waals surface area contributed by atoms with Gasteiger partial charge in [0.1, 0.15) is 5.82 Å². The van der Waals surface area contributed by atoms with Crippen molar-refractivity contribution < 1.29 is 21.2 Å². The van der Waals surface area contributed by atoms with E-state index in [0.717, 1.165) is 5.56 Å². The number of hydrazone groups is 1. The van der Waals surface area contributed by atoms with E-state index in [1.165, 1.54) is 41.4 Å². The molecule has 0 saturated heterocycles. The molecule has 2 aliphatic rings. The van der Waals surface area contributed by atoms with Gasteiger partial charge in [-0.3, -0.25) is 0 Å². The summed E-state index contributed by atoms with van der Waals surface area (Å²) in [4.78, 5) is 4.63. The highest BCUT2D eigenvalue weighted by atomic mass is 35.5. The molecule has 1 aliphatic carbocycles. The van der Waals surface area contributed by atoms with Gasteiger partial charge in [0.15, 0.2) is 0 Å². The summed E-state index contributed by atoms with van der Waals surface area (Å²) in [6.07, 6.45) is 0.897. The summed E-state index contributed by atoms with van der Waals surface area (Å²) < 4.78 is 66.9. The van der Waals surface area contributed by atoms with Crippen molar-refractivity contribution in [3.8, 4) is 0 Å². The smallest absolute Gasteiger partial charge is 0.248 e. The molecule has 3 aromatic carbocycles. The van der Waals surface area contributed by atoms with E-state index in [1.54, 1.807) is 12.1 Å². The quantitative estimate of drug-likeness (QED) is 0.326. The van der Waals surface area contributed by atoms with E-state index in [1.807, 2.05) is 30.3 Å². The summed E-state index contributed by atoms with van der Waals surface area (Å²) in [5.41, 5.74) is 2.22. The van der Waals surface area contributed by atoms with Crippen molar-refractivity contribution in [3.05, 3.63) is 101 Å². The summed E-state index contributed by atoms with van der Waals surface area (Å²) in [7, 11) is -7.87. The van der Waals surface area contributed by atoms with Crippen molar-refractivity contribution in [2.24, 2.45) is 15.2 Å². The molecular formula is C27H27ClFN5O4S2. The van der Waals surface area contributed by atoms with Crippen molar-refractivity contribution >= 4 is 43.3 Å². The van der Waals surface area contributed by atoms with Crippen LogP contribution in [0.2, 0.25) is 5.02 Å². The lowest BCUT2D eigenvalue weighted by Gasteiger charge is -2.21. The van der Waals surface area contributed by atoms with Gasteiger partial charge in [-0.2, -0.15) is 5.10 Å². The molecule has 1 fully saturated rings. The number of nitrogens with zero attached hydrogens (tertiary/aromatic N) is 3. The van der Waals surface area contributed by atoms with Crippen LogP contribution in [0.15, 0.2) is 93.9 Å². The Morgan fingerprint density at radius 1 is 0.975 bits per heavy atom. The average molecular weight is 604 g/mol. The highest BCUT2D eigenvalue weighted by molar-refractivity contribution is 7.90. The first-order valence-electron chi connectivity index (χ1n) is 12.5. The zero-order valence-corrected chi connectivity index (χ0v) is 23.6. The molecule has 210 valence electrons. The minimum atomic E-state index is -4.11. The molecule has 3 aromatic rings.